The van der Waals surface area contributed by atoms with E-state index in [2.05, 4.69) is 0 Å². The van der Waals surface area contributed by atoms with Gasteiger partial charge in [-0.1, -0.05) is 0 Å². The maximum absolute atomic E-state index is 11.4. The van der Waals surface area contributed by atoms with Crippen molar-refractivity contribution in [2.45, 2.75) is 19.9 Å². The predicted octanol–water partition coefficient (Wildman–Crippen LogP) is 1.51. The van der Waals surface area contributed by atoms with Gasteiger partial charge in [0.15, 0.2) is 0 Å². The Balaban J connectivity index is 2.00. The third kappa shape index (κ3) is 2.57. The molecule has 0 radical (unpaired) electrons. The van der Waals surface area contributed by atoms with Crippen LogP contribution in [0.15, 0.2) is 16.7 Å². The van der Waals surface area contributed by atoms with Crippen molar-refractivity contribution in [1.82, 2.24) is 4.90 Å². The third-order valence-corrected chi connectivity index (χ3v) is 3.54. The average Bonchev–Trinajstić information content (AvgIpc) is 2.90. The minimum atomic E-state index is -0.768. The van der Waals surface area contributed by atoms with Crippen molar-refractivity contribution in [2.24, 2.45) is 5.41 Å². The number of furan rings is 1. The third-order valence-electron chi connectivity index (χ3n) is 3.54. The fraction of sp³-hybridized carbons (Fsp3) is 0.615. The van der Waals surface area contributed by atoms with E-state index >= 15 is 0 Å². The molecule has 1 aromatic rings. The highest BCUT2D eigenvalue weighted by molar-refractivity contribution is 5.75. The molecule has 2 rings (SSSR count). The Hall–Kier alpha value is -1.33. The molecule has 1 atom stereocenters. The van der Waals surface area contributed by atoms with Gasteiger partial charge < -0.3 is 19.2 Å². The number of ether oxygens (including phenoxy) is 1. The van der Waals surface area contributed by atoms with Gasteiger partial charge in [0.25, 0.3) is 0 Å². The molecule has 1 fully saturated rings. The number of aryl methyl sites for hydroxylation is 1. The van der Waals surface area contributed by atoms with Gasteiger partial charge in [-0.15, -0.1) is 0 Å². The highest BCUT2D eigenvalue weighted by Gasteiger charge is 2.43. The largest absolute Gasteiger partial charge is 0.481 e. The zero-order chi connectivity index (χ0) is 13.2. The molecule has 0 spiro atoms. The maximum Gasteiger partial charge on any atom is 0.313 e. The van der Waals surface area contributed by atoms with Gasteiger partial charge in [-0.3, -0.25) is 4.79 Å². The summed E-state index contributed by atoms with van der Waals surface area (Å²) in [6.45, 7) is 3.93. The van der Waals surface area contributed by atoms with Crippen molar-refractivity contribution in [3.05, 3.63) is 23.7 Å². The maximum atomic E-state index is 11.4. The minimum Gasteiger partial charge on any atom is -0.481 e. The van der Waals surface area contributed by atoms with Crippen LogP contribution in [-0.2, 0) is 16.1 Å². The number of nitrogens with zero attached hydrogens (tertiary/aromatic N) is 1. The van der Waals surface area contributed by atoms with Crippen LogP contribution in [0.5, 0.6) is 0 Å². The quantitative estimate of drug-likeness (QED) is 0.861. The minimum absolute atomic E-state index is 0.303. The van der Waals surface area contributed by atoms with Crippen LogP contribution in [0.3, 0.4) is 0 Å². The number of hydrogen-bond acceptors (Lipinski definition) is 4. The molecule has 0 bridgehead atoms. The van der Waals surface area contributed by atoms with Gasteiger partial charge in [-0.2, -0.15) is 0 Å². The lowest BCUT2D eigenvalue weighted by Gasteiger charge is -2.28. The number of aliphatic carboxylic acids is 1. The summed E-state index contributed by atoms with van der Waals surface area (Å²) in [4.78, 5) is 13.4. The molecule has 0 aromatic carbocycles. The molecule has 0 saturated carbocycles. The van der Waals surface area contributed by atoms with Crippen LogP contribution >= 0.6 is 0 Å². The molecule has 1 aliphatic rings. The second-order valence-electron chi connectivity index (χ2n) is 5.06. The molecular formula is C13H19NO4. The Labute approximate surface area is 106 Å². The lowest BCUT2D eigenvalue weighted by Crippen LogP contribution is -2.42. The average molecular weight is 253 g/mol. The molecule has 1 aromatic heterocycles. The molecule has 100 valence electrons. The first-order valence-corrected chi connectivity index (χ1v) is 6.06. The first kappa shape index (κ1) is 13.1. The Morgan fingerprint density at radius 3 is 2.89 bits per heavy atom. The van der Waals surface area contributed by atoms with E-state index in [1.807, 2.05) is 24.9 Å². The van der Waals surface area contributed by atoms with Gasteiger partial charge in [0.05, 0.1) is 12.9 Å². The van der Waals surface area contributed by atoms with Gasteiger partial charge in [0.2, 0.25) is 0 Å². The number of hydrogen-bond donors (Lipinski definition) is 1. The van der Waals surface area contributed by atoms with E-state index in [4.69, 9.17) is 9.15 Å². The van der Waals surface area contributed by atoms with Crippen LogP contribution in [0, 0.1) is 12.3 Å². The Morgan fingerprint density at radius 2 is 2.39 bits per heavy atom. The van der Waals surface area contributed by atoms with Crippen molar-refractivity contribution in [3.8, 4) is 0 Å². The van der Waals surface area contributed by atoms with Crippen molar-refractivity contribution in [2.75, 3.05) is 26.8 Å². The first-order valence-electron chi connectivity index (χ1n) is 6.06. The second kappa shape index (κ2) is 5.12. The fourth-order valence-electron chi connectivity index (χ4n) is 2.41. The number of carboxylic acids is 1. The monoisotopic (exact) mass is 253 g/mol. The molecule has 0 amide bonds. The predicted molar refractivity (Wildman–Crippen MR) is 65.3 cm³/mol. The molecular weight excluding hydrogens is 234 g/mol. The van der Waals surface area contributed by atoms with Gasteiger partial charge in [0, 0.05) is 25.3 Å². The van der Waals surface area contributed by atoms with Gasteiger partial charge in [-0.25, -0.2) is 0 Å². The Morgan fingerprint density at radius 1 is 1.61 bits per heavy atom. The lowest BCUT2D eigenvalue weighted by atomic mass is 9.87. The molecule has 1 N–H and O–H groups in total. The molecule has 5 heteroatoms. The molecule has 18 heavy (non-hydrogen) atoms. The van der Waals surface area contributed by atoms with E-state index in [0.717, 1.165) is 11.3 Å². The highest BCUT2D eigenvalue weighted by atomic mass is 16.5. The molecule has 5 nitrogen and oxygen atoms in total. The topological polar surface area (TPSA) is 62.9 Å². The van der Waals surface area contributed by atoms with Crippen LogP contribution in [0.25, 0.3) is 0 Å². The van der Waals surface area contributed by atoms with E-state index in [1.165, 1.54) is 0 Å². The van der Waals surface area contributed by atoms with E-state index in [9.17, 15) is 9.90 Å². The SMILES string of the molecule is Cc1occc1CN(C)CC1(C(=O)O)CCOC1. The van der Waals surface area contributed by atoms with E-state index in [1.54, 1.807) is 6.26 Å². The Kier molecular flexibility index (Phi) is 3.73. The molecule has 2 heterocycles. The summed E-state index contributed by atoms with van der Waals surface area (Å²) in [6.07, 6.45) is 2.24. The summed E-state index contributed by atoms with van der Waals surface area (Å²) >= 11 is 0. The van der Waals surface area contributed by atoms with Crippen molar-refractivity contribution in [3.63, 3.8) is 0 Å². The van der Waals surface area contributed by atoms with Crippen LogP contribution in [0.1, 0.15) is 17.7 Å². The Bertz CT molecular complexity index is 420. The number of carbonyl (C=O) groups is 1. The van der Waals surface area contributed by atoms with Crippen LogP contribution < -0.4 is 0 Å². The normalized spacial score (nSPS) is 23.7. The number of rotatable bonds is 5. The molecule has 1 unspecified atom stereocenters. The van der Waals surface area contributed by atoms with E-state index in [0.29, 0.717) is 32.7 Å². The number of carboxylic acid groups (broad SMARTS) is 1. The summed E-state index contributed by atoms with van der Waals surface area (Å²) in [5.41, 5.74) is 0.337. The van der Waals surface area contributed by atoms with Crippen molar-refractivity contribution < 1.29 is 19.1 Å². The summed E-state index contributed by atoms with van der Waals surface area (Å²) in [7, 11) is 1.93. The van der Waals surface area contributed by atoms with Crippen molar-refractivity contribution in [1.29, 1.82) is 0 Å². The van der Waals surface area contributed by atoms with Crippen molar-refractivity contribution >= 4 is 5.97 Å². The van der Waals surface area contributed by atoms with Crippen LogP contribution in [0.2, 0.25) is 0 Å². The molecule has 1 saturated heterocycles. The summed E-state index contributed by atoms with van der Waals surface area (Å²) < 4.78 is 10.5. The zero-order valence-corrected chi connectivity index (χ0v) is 10.8. The summed E-state index contributed by atoms with van der Waals surface area (Å²) in [5.74, 6) is 0.115. The van der Waals surface area contributed by atoms with E-state index < -0.39 is 11.4 Å². The van der Waals surface area contributed by atoms with Gasteiger partial charge in [0.1, 0.15) is 11.2 Å². The van der Waals surface area contributed by atoms with Crippen LogP contribution in [0.4, 0.5) is 0 Å². The van der Waals surface area contributed by atoms with E-state index in [-0.39, 0.29) is 0 Å². The standard InChI is InChI=1S/C13H19NO4/c1-10-11(3-5-18-10)7-14(2)8-13(12(15)16)4-6-17-9-13/h3,5H,4,6-9H2,1-2H3,(H,15,16). The summed E-state index contributed by atoms with van der Waals surface area (Å²) in [5, 5.41) is 9.37. The van der Waals surface area contributed by atoms with Gasteiger partial charge in [-0.05, 0) is 26.5 Å². The smallest absolute Gasteiger partial charge is 0.313 e. The first-order chi connectivity index (χ1) is 8.53. The zero-order valence-electron chi connectivity index (χ0n) is 10.8. The summed E-state index contributed by atoms with van der Waals surface area (Å²) in [6, 6.07) is 1.92. The second-order valence-corrected chi connectivity index (χ2v) is 5.06. The fourth-order valence-corrected chi connectivity index (χ4v) is 2.41. The lowest BCUT2D eigenvalue weighted by molar-refractivity contribution is -0.150. The van der Waals surface area contributed by atoms with Gasteiger partial charge >= 0.3 is 5.97 Å². The molecule has 1 aliphatic heterocycles. The van der Waals surface area contributed by atoms with Crippen LogP contribution in [-0.4, -0.2) is 42.8 Å². The highest BCUT2D eigenvalue weighted by Crippen LogP contribution is 2.30. The molecule has 0 aliphatic carbocycles.